The highest BCUT2D eigenvalue weighted by atomic mass is 32.1. The average molecular weight is 299 g/mol. The van der Waals surface area contributed by atoms with E-state index in [9.17, 15) is 0 Å². The molecule has 1 aliphatic rings. The third kappa shape index (κ3) is 2.68. The maximum absolute atomic E-state index is 5.62. The van der Waals surface area contributed by atoms with Crippen LogP contribution in [0.2, 0.25) is 0 Å². The third-order valence-corrected chi connectivity index (χ3v) is 4.56. The Kier molecular flexibility index (Phi) is 3.72. The molecule has 0 saturated heterocycles. The van der Waals surface area contributed by atoms with Gasteiger partial charge >= 0.3 is 0 Å². The molecule has 1 atom stereocenters. The van der Waals surface area contributed by atoms with Crippen LogP contribution in [0, 0.1) is 13.8 Å². The van der Waals surface area contributed by atoms with Gasteiger partial charge in [0.25, 0.3) is 0 Å². The van der Waals surface area contributed by atoms with Crippen molar-refractivity contribution in [2.45, 2.75) is 33.4 Å². The van der Waals surface area contributed by atoms with Crippen LogP contribution in [0.25, 0.3) is 0 Å². The fraction of sp³-hybridized carbons (Fsp3) is 0.353. The van der Waals surface area contributed by atoms with Crippen molar-refractivity contribution in [1.29, 1.82) is 0 Å². The molecule has 2 aromatic rings. The van der Waals surface area contributed by atoms with E-state index in [1.54, 1.807) is 0 Å². The van der Waals surface area contributed by atoms with Gasteiger partial charge < -0.3 is 14.8 Å². The Bertz CT molecular complexity index is 674. The Morgan fingerprint density at radius 2 is 2.00 bits per heavy atom. The largest absolute Gasteiger partial charge is 0.345 e. The van der Waals surface area contributed by atoms with E-state index in [1.165, 1.54) is 17.0 Å². The zero-order chi connectivity index (χ0) is 15.0. The van der Waals surface area contributed by atoms with E-state index in [1.807, 2.05) is 0 Å². The minimum absolute atomic E-state index is 0.303. The highest BCUT2D eigenvalue weighted by Gasteiger charge is 2.26. The molecule has 0 fully saturated rings. The Balaban J connectivity index is 1.77. The molecule has 21 heavy (non-hydrogen) atoms. The monoisotopic (exact) mass is 299 g/mol. The molecule has 110 valence electrons. The molecule has 0 radical (unpaired) electrons. The lowest BCUT2D eigenvalue weighted by Crippen LogP contribution is -2.43. The first-order chi connectivity index (χ1) is 10.1. The highest BCUT2D eigenvalue weighted by Crippen LogP contribution is 2.27. The lowest BCUT2D eigenvalue weighted by Gasteiger charge is -2.37. The number of thiocarbonyl (C=S) groups is 1. The molecular formula is C17H21N3S. The number of nitrogens with one attached hydrogen (secondary N) is 1. The number of nitrogens with zero attached hydrogens (tertiary/aromatic N) is 2. The summed E-state index contributed by atoms with van der Waals surface area (Å²) in [5, 5.41) is 4.17. The summed E-state index contributed by atoms with van der Waals surface area (Å²) < 4.78 is 2.39. The summed E-state index contributed by atoms with van der Waals surface area (Å²) in [6, 6.07) is 13.0. The van der Waals surface area contributed by atoms with Crippen LogP contribution >= 0.6 is 12.2 Å². The van der Waals surface area contributed by atoms with E-state index in [0.717, 1.165) is 23.9 Å². The molecule has 3 nitrogen and oxygen atoms in total. The number of hydrogen-bond donors (Lipinski definition) is 1. The summed E-state index contributed by atoms with van der Waals surface area (Å²) in [7, 11) is 0. The summed E-state index contributed by atoms with van der Waals surface area (Å²) >= 11 is 5.62. The lowest BCUT2D eigenvalue weighted by atomic mass is 10.1. The summed E-state index contributed by atoms with van der Waals surface area (Å²) in [6.07, 6.45) is 0. The number of hydrogen-bond acceptors (Lipinski definition) is 1. The molecule has 1 aromatic carbocycles. The Morgan fingerprint density at radius 1 is 1.19 bits per heavy atom. The van der Waals surface area contributed by atoms with Gasteiger partial charge in [0.05, 0.1) is 6.04 Å². The molecule has 1 aliphatic heterocycles. The number of aromatic nitrogens is 1. The second-order valence-electron chi connectivity index (χ2n) is 5.72. The van der Waals surface area contributed by atoms with E-state index in [0.29, 0.717) is 6.04 Å². The quantitative estimate of drug-likeness (QED) is 0.807. The predicted octanol–water partition coefficient (Wildman–Crippen LogP) is 3.88. The fourth-order valence-electron chi connectivity index (χ4n) is 3.02. The van der Waals surface area contributed by atoms with Gasteiger partial charge in [0.15, 0.2) is 5.11 Å². The Morgan fingerprint density at radius 3 is 2.76 bits per heavy atom. The van der Waals surface area contributed by atoms with E-state index < -0.39 is 0 Å². The second-order valence-corrected chi connectivity index (χ2v) is 6.11. The van der Waals surface area contributed by atoms with Crippen molar-refractivity contribution in [2.75, 3.05) is 11.9 Å². The van der Waals surface area contributed by atoms with Crippen LogP contribution in [0.3, 0.4) is 0 Å². The average Bonchev–Trinajstić information content (AvgIpc) is 2.82. The van der Waals surface area contributed by atoms with Gasteiger partial charge in [-0.05, 0) is 62.8 Å². The van der Waals surface area contributed by atoms with Crippen LogP contribution in [0.4, 0.5) is 5.69 Å². The molecule has 0 saturated carbocycles. The Labute approximate surface area is 131 Å². The predicted molar refractivity (Wildman–Crippen MR) is 91.7 cm³/mol. The van der Waals surface area contributed by atoms with Crippen molar-refractivity contribution in [3.8, 4) is 0 Å². The first-order valence-electron chi connectivity index (χ1n) is 7.36. The summed E-state index contributed by atoms with van der Waals surface area (Å²) in [5.41, 5.74) is 4.96. The lowest BCUT2D eigenvalue weighted by molar-refractivity contribution is 0.274. The van der Waals surface area contributed by atoms with Gasteiger partial charge in [0.1, 0.15) is 0 Å². The van der Waals surface area contributed by atoms with Gasteiger partial charge in [-0.25, -0.2) is 0 Å². The van der Waals surface area contributed by atoms with Crippen molar-refractivity contribution < 1.29 is 0 Å². The number of benzene rings is 1. The maximum Gasteiger partial charge on any atom is 0.174 e. The smallest absolute Gasteiger partial charge is 0.174 e. The zero-order valence-electron chi connectivity index (χ0n) is 12.8. The van der Waals surface area contributed by atoms with Gasteiger partial charge in [-0.2, -0.15) is 0 Å². The minimum atomic E-state index is 0.303. The normalized spacial score (nSPS) is 17.5. The van der Waals surface area contributed by atoms with Crippen molar-refractivity contribution in [3.05, 3.63) is 53.3 Å². The van der Waals surface area contributed by atoms with Crippen molar-refractivity contribution in [2.24, 2.45) is 0 Å². The molecule has 1 N–H and O–H groups in total. The number of aryl methyl sites for hydroxylation is 2. The molecule has 0 bridgehead atoms. The van der Waals surface area contributed by atoms with E-state index >= 15 is 0 Å². The summed E-state index contributed by atoms with van der Waals surface area (Å²) in [5.74, 6) is 0. The van der Waals surface area contributed by atoms with Crippen molar-refractivity contribution in [1.82, 2.24) is 9.47 Å². The van der Waals surface area contributed by atoms with Gasteiger partial charge in [0.2, 0.25) is 0 Å². The van der Waals surface area contributed by atoms with Crippen molar-refractivity contribution in [3.63, 3.8) is 0 Å². The summed E-state index contributed by atoms with van der Waals surface area (Å²) in [6.45, 7) is 8.41. The fourth-order valence-corrected chi connectivity index (χ4v) is 3.38. The van der Waals surface area contributed by atoms with E-state index in [-0.39, 0.29) is 0 Å². The van der Waals surface area contributed by atoms with Gasteiger partial charge in [-0.15, -0.1) is 0 Å². The van der Waals surface area contributed by atoms with Crippen molar-refractivity contribution >= 4 is 23.0 Å². The molecule has 1 aromatic heterocycles. The Hall–Kier alpha value is -1.81. The van der Waals surface area contributed by atoms with E-state index in [4.69, 9.17) is 12.2 Å². The standard InChI is InChI=1S/C17H21N3S/c1-12-5-4-6-15(11-12)18-17(21)20-10-9-19-13(2)7-8-16(19)14(20)3/h4-8,11,14H,9-10H2,1-3H3,(H,18,21)/t14-/m0/s1. The first-order valence-corrected chi connectivity index (χ1v) is 7.77. The molecule has 3 rings (SSSR count). The van der Waals surface area contributed by atoms with Crippen LogP contribution in [-0.2, 0) is 6.54 Å². The number of rotatable bonds is 1. The number of fused-ring (bicyclic) bond motifs is 1. The minimum Gasteiger partial charge on any atom is -0.345 e. The molecule has 0 spiro atoms. The van der Waals surface area contributed by atoms with Crippen LogP contribution in [0.1, 0.15) is 29.9 Å². The highest BCUT2D eigenvalue weighted by molar-refractivity contribution is 7.80. The topological polar surface area (TPSA) is 20.2 Å². The molecule has 0 unspecified atom stereocenters. The second kappa shape index (κ2) is 5.53. The maximum atomic E-state index is 5.62. The van der Waals surface area contributed by atoms with Crippen LogP contribution < -0.4 is 5.32 Å². The van der Waals surface area contributed by atoms with Gasteiger partial charge in [-0.3, -0.25) is 0 Å². The first kappa shape index (κ1) is 14.1. The number of anilines is 1. The van der Waals surface area contributed by atoms with E-state index in [2.05, 4.69) is 72.0 Å². The SMILES string of the molecule is Cc1cccc(NC(=S)N2CCn3c(C)ccc3[C@@H]2C)c1. The van der Waals surface area contributed by atoms with Crippen LogP contribution in [0.15, 0.2) is 36.4 Å². The third-order valence-electron chi connectivity index (χ3n) is 4.22. The molecule has 0 amide bonds. The summed E-state index contributed by atoms with van der Waals surface area (Å²) in [4.78, 5) is 2.27. The van der Waals surface area contributed by atoms with Crippen LogP contribution in [0.5, 0.6) is 0 Å². The molecule has 4 heteroatoms. The molecular weight excluding hydrogens is 278 g/mol. The zero-order valence-corrected chi connectivity index (χ0v) is 13.6. The molecule has 2 heterocycles. The molecule has 0 aliphatic carbocycles. The van der Waals surface area contributed by atoms with Gasteiger partial charge in [-0.1, -0.05) is 12.1 Å². The van der Waals surface area contributed by atoms with Gasteiger partial charge in [0, 0.05) is 30.2 Å². The van der Waals surface area contributed by atoms with Crippen LogP contribution in [-0.4, -0.2) is 21.1 Å².